The molecule has 2 aliphatic rings. The summed E-state index contributed by atoms with van der Waals surface area (Å²) in [5.74, 6) is 3.59. The first kappa shape index (κ1) is 53.4. The minimum atomic E-state index is -2.37. The zero-order valence-electron chi connectivity index (χ0n) is 43.8. The summed E-state index contributed by atoms with van der Waals surface area (Å²) in [4.78, 5) is 18.7. The van der Waals surface area contributed by atoms with Crippen molar-refractivity contribution >= 4 is 45.3 Å². The maximum Gasteiger partial charge on any atom is 0.319 e. The van der Waals surface area contributed by atoms with Gasteiger partial charge in [0.25, 0.3) is 0 Å². The smallest absolute Gasteiger partial charge is 0.319 e. The molecule has 0 bridgehead atoms. The number of hydrogen-bond acceptors (Lipinski definition) is 9. The summed E-state index contributed by atoms with van der Waals surface area (Å²) in [5.41, 5.74) is 3.19. The molecule has 68 heavy (non-hydrogen) atoms. The number of piperidine rings is 2. The number of fused-ring (bicyclic) bond motifs is 2. The quantitative estimate of drug-likeness (QED) is 0.0870. The Morgan fingerprint density at radius 3 is 2.12 bits per heavy atom. The lowest BCUT2D eigenvalue weighted by Gasteiger charge is -2.43. The molecule has 14 heteroatoms. The van der Waals surface area contributed by atoms with Crippen molar-refractivity contribution in [1.29, 1.82) is 0 Å². The van der Waals surface area contributed by atoms with E-state index in [2.05, 4.69) is 99.4 Å². The Morgan fingerprint density at radius 1 is 0.897 bits per heavy atom. The third-order valence-corrected chi connectivity index (χ3v) is 24.6. The number of ether oxygens (including phenoxy) is 2. The van der Waals surface area contributed by atoms with E-state index in [4.69, 9.17) is 28.9 Å². The van der Waals surface area contributed by atoms with Crippen LogP contribution in [0, 0.1) is 52.2 Å². The van der Waals surface area contributed by atoms with E-state index in [0.29, 0.717) is 89.1 Å². The first-order chi connectivity index (χ1) is 31.9. The average Bonchev–Trinajstić information content (AvgIpc) is 3.25. The fraction of sp³-hybridized carbons (Fsp3) is 0.648. The second-order valence-corrected chi connectivity index (χ2v) is 29.3. The fourth-order valence-corrected chi connectivity index (χ4v) is 18.5. The number of methoxy groups -OCH3 is 1. The summed E-state index contributed by atoms with van der Waals surface area (Å²) in [6, 6.07) is 6.71. The summed E-state index contributed by atoms with van der Waals surface area (Å²) >= 11 is 0. The van der Waals surface area contributed by atoms with Crippen LogP contribution in [0.15, 0.2) is 24.3 Å². The van der Waals surface area contributed by atoms with E-state index in [1.54, 1.807) is 19.1 Å². The number of aromatic nitrogens is 3. The van der Waals surface area contributed by atoms with Crippen LogP contribution in [0.2, 0.25) is 21.7 Å². The predicted molar refractivity (Wildman–Crippen MR) is 276 cm³/mol. The van der Waals surface area contributed by atoms with Gasteiger partial charge in [0.05, 0.1) is 31.6 Å². The number of halogens is 3. The van der Waals surface area contributed by atoms with Gasteiger partial charge in [0, 0.05) is 41.0 Å². The number of nitrogens with zero attached hydrogens (tertiary/aromatic N) is 5. The Balaban J connectivity index is 1.68. The molecule has 372 valence electrons. The third kappa shape index (κ3) is 10.2. The Kier molecular flexibility index (Phi) is 16.4. The Labute approximate surface area is 408 Å². The van der Waals surface area contributed by atoms with Crippen LogP contribution in [0.3, 0.4) is 0 Å². The second kappa shape index (κ2) is 20.8. The number of β-amino-alcohol motifs (C(OH)–C–C–N with tert-alkyl or cyclic N) is 1. The molecular formula is C54H78F3N5O4Si2. The molecule has 2 saturated heterocycles. The van der Waals surface area contributed by atoms with Crippen molar-refractivity contribution in [3.63, 3.8) is 0 Å². The number of pyridine rings is 1. The number of aliphatic hydroxyl groups is 1. The van der Waals surface area contributed by atoms with Crippen LogP contribution in [0.5, 0.6) is 17.6 Å². The van der Waals surface area contributed by atoms with Gasteiger partial charge in [-0.1, -0.05) is 102 Å². The van der Waals surface area contributed by atoms with Crippen LogP contribution >= 0.6 is 0 Å². The van der Waals surface area contributed by atoms with Crippen molar-refractivity contribution in [2.45, 2.75) is 143 Å². The summed E-state index contributed by atoms with van der Waals surface area (Å²) in [6.45, 7) is 32.2. The summed E-state index contributed by atoms with van der Waals surface area (Å²) in [7, 11) is 1.16. The topological polar surface area (TPSA) is 93.1 Å². The molecule has 0 amide bonds. The number of benzene rings is 2. The van der Waals surface area contributed by atoms with E-state index in [9.17, 15) is 9.50 Å². The summed E-state index contributed by atoms with van der Waals surface area (Å²) < 4.78 is 69.0. The van der Waals surface area contributed by atoms with Gasteiger partial charge in [-0.3, -0.25) is 4.39 Å². The molecule has 2 aromatic carbocycles. The van der Waals surface area contributed by atoms with E-state index < -0.39 is 37.4 Å². The number of hydrogen-bond donors (Lipinski definition) is 1. The highest BCUT2D eigenvalue weighted by atomic mass is 28.3. The van der Waals surface area contributed by atoms with Crippen LogP contribution in [0.4, 0.5) is 19.0 Å². The second-order valence-electron chi connectivity index (χ2n) is 22.4. The lowest BCUT2D eigenvalue weighted by atomic mass is 9.73. The van der Waals surface area contributed by atoms with Crippen LogP contribution in [-0.2, 0) is 0 Å². The molecule has 4 heterocycles. The minimum Gasteiger partial charge on any atom is -0.540 e. The van der Waals surface area contributed by atoms with E-state index in [1.165, 1.54) is 13.2 Å². The van der Waals surface area contributed by atoms with Gasteiger partial charge in [0.15, 0.2) is 5.82 Å². The fourth-order valence-electron chi connectivity index (χ4n) is 12.2. The molecule has 0 spiro atoms. The highest BCUT2D eigenvalue weighted by molar-refractivity contribution is 6.90. The molecule has 2 fully saturated rings. The number of rotatable bonds is 16. The Hall–Kier alpha value is -3.91. The summed E-state index contributed by atoms with van der Waals surface area (Å²) in [6.07, 6.45) is 1.91. The Morgan fingerprint density at radius 2 is 1.54 bits per heavy atom. The van der Waals surface area contributed by atoms with Crippen LogP contribution < -0.4 is 18.8 Å². The van der Waals surface area contributed by atoms with Crippen LogP contribution in [0.25, 0.3) is 32.9 Å². The zero-order valence-corrected chi connectivity index (χ0v) is 45.8. The third-order valence-electron chi connectivity index (χ3n) is 15.9. The zero-order chi connectivity index (χ0) is 50.3. The van der Waals surface area contributed by atoms with E-state index in [0.717, 1.165) is 6.54 Å². The van der Waals surface area contributed by atoms with E-state index in [1.807, 2.05) is 24.9 Å². The van der Waals surface area contributed by atoms with Gasteiger partial charge in [0.1, 0.15) is 42.1 Å². The first-order valence-corrected chi connectivity index (χ1v) is 28.0. The SMILES string of the molecule is COc1nc(-c2cc(O[Si]C(C(C)C)(C(C)C)C(C)C)cc3ccc(F)c(C#C[Si](C(C)C)(C(C)C)C(C)C)c23)c(F)c2nc(OC[C@]3(C)CN(C)CC[C@@H]3CF)nc(N3CCC[C@@](C)(O)C3)c12. The normalized spacial score (nSPS) is 21.0. The van der Waals surface area contributed by atoms with Crippen molar-refractivity contribution in [3.05, 3.63) is 41.5 Å². The van der Waals surface area contributed by atoms with E-state index in [-0.39, 0.29) is 73.5 Å². The molecule has 0 aliphatic carbocycles. The van der Waals surface area contributed by atoms with E-state index >= 15 is 8.78 Å². The van der Waals surface area contributed by atoms with Gasteiger partial charge in [-0.25, -0.2) is 13.8 Å². The van der Waals surface area contributed by atoms with Crippen molar-refractivity contribution < 1.29 is 32.2 Å². The molecule has 0 unspecified atom stereocenters. The van der Waals surface area contributed by atoms with Gasteiger partial charge in [0.2, 0.25) is 5.88 Å². The van der Waals surface area contributed by atoms with Crippen molar-refractivity contribution in [2.24, 2.45) is 29.1 Å². The molecule has 4 aromatic rings. The molecule has 6 rings (SSSR count). The number of alkyl halides is 1. The van der Waals surface area contributed by atoms with Crippen LogP contribution in [-0.4, -0.2) is 102 Å². The van der Waals surface area contributed by atoms with Crippen molar-refractivity contribution in [1.82, 2.24) is 19.9 Å². The number of anilines is 1. The molecule has 3 atom stereocenters. The molecule has 2 aliphatic heterocycles. The molecule has 2 radical (unpaired) electrons. The van der Waals surface area contributed by atoms with Gasteiger partial charge in [-0.2, -0.15) is 9.97 Å². The van der Waals surface area contributed by atoms with Gasteiger partial charge in [-0.15, -0.1) is 5.54 Å². The molecule has 1 N–H and O–H groups in total. The van der Waals surface area contributed by atoms with Crippen LogP contribution in [0.1, 0.15) is 122 Å². The van der Waals surface area contributed by atoms with Gasteiger partial charge >= 0.3 is 15.8 Å². The monoisotopic (exact) mass is 974 g/mol. The molecule has 9 nitrogen and oxygen atoms in total. The maximum atomic E-state index is 18.3. The first-order valence-electron chi connectivity index (χ1n) is 24.9. The summed E-state index contributed by atoms with van der Waals surface area (Å²) in [5, 5.41) is 12.4. The highest BCUT2D eigenvalue weighted by Gasteiger charge is 2.45. The lowest BCUT2D eigenvalue weighted by molar-refractivity contribution is 0.000292. The molecule has 0 saturated carbocycles. The Bertz CT molecular complexity index is 2460. The van der Waals surface area contributed by atoms with Crippen molar-refractivity contribution in [2.75, 3.05) is 58.5 Å². The number of likely N-dealkylation sites (tertiary alicyclic amines) is 1. The molecule has 2 aromatic heterocycles. The largest absolute Gasteiger partial charge is 0.540 e. The predicted octanol–water partition coefficient (Wildman–Crippen LogP) is 12.5. The molecular weight excluding hydrogens is 896 g/mol. The average molecular weight is 974 g/mol. The van der Waals surface area contributed by atoms with Gasteiger partial charge in [-0.05, 0) is 104 Å². The lowest BCUT2D eigenvalue weighted by Crippen LogP contribution is -2.49. The maximum absolute atomic E-state index is 18.3. The van der Waals surface area contributed by atoms with Gasteiger partial charge < -0.3 is 28.8 Å². The minimum absolute atomic E-state index is 0.0520. The van der Waals surface area contributed by atoms with Crippen molar-refractivity contribution in [3.8, 4) is 40.4 Å². The highest BCUT2D eigenvalue weighted by Crippen LogP contribution is 2.50. The standard InChI is InChI=1S/C54H78F3N5O4Si2/c1-32(2)54(33(3)4,34(5)6)67-66-40-26-38-18-19-43(56)41(21-25-68(35(7)8,36(9)10)37(11)12)44(38)42(27-40)47-46(57)48-45(50(58-47)64-16)49(62-23-17-22-53(14,63)30-62)60-51(59-48)65-31-52(13)29-61(15)24-20-39(52)28-55/h18-19,26-27,32-37,39,63H,17,20,22-24,28-31H2,1-16H3/t39-,52+,53-/m1/s1.